The number of hydrogen-bond acceptors (Lipinski definition) is 3. The lowest BCUT2D eigenvalue weighted by Gasteiger charge is -2.06. The van der Waals surface area contributed by atoms with Crippen LogP contribution < -0.4 is 0 Å². The van der Waals surface area contributed by atoms with Crippen LogP contribution in [0.1, 0.15) is 11.1 Å². The first-order valence-corrected chi connectivity index (χ1v) is 4.84. The normalized spacial score (nSPS) is 15.3. The van der Waals surface area contributed by atoms with Crippen LogP contribution >= 0.6 is 0 Å². The van der Waals surface area contributed by atoms with Crippen LogP contribution in [0.4, 0.5) is 4.39 Å². The van der Waals surface area contributed by atoms with Crippen molar-refractivity contribution >= 4 is 11.5 Å². The molecule has 0 fully saturated rings. The van der Waals surface area contributed by atoms with Crippen molar-refractivity contribution in [1.29, 1.82) is 0 Å². The van der Waals surface area contributed by atoms with Gasteiger partial charge in [0, 0.05) is 0 Å². The molecule has 1 aliphatic rings. The van der Waals surface area contributed by atoms with Gasteiger partial charge in [0.2, 0.25) is 0 Å². The van der Waals surface area contributed by atoms with E-state index in [-0.39, 0.29) is 12.4 Å². The topological polar surface area (TPSA) is 35.5 Å². The Morgan fingerprint density at radius 3 is 2.81 bits per heavy atom. The maximum atomic E-state index is 12.9. The molecular formula is C12H11FO3. The standard InChI is InChI=1S/C12H11FO3/c1-7-5-8(13)3-4-9(7)11-10(15-2)6-16-12(11)14/h3-5H,6H2,1-2H3. The molecule has 0 atom stereocenters. The zero-order valence-electron chi connectivity index (χ0n) is 9.04. The van der Waals surface area contributed by atoms with Crippen LogP contribution in [-0.2, 0) is 14.3 Å². The maximum Gasteiger partial charge on any atom is 0.342 e. The number of carbonyl (C=O) groups is 1. The molecule has 0 spiro atoms. The van der Waals surface area contributed by atoms with E-state index in [1.807, 2.05) is 0 Å². The first kappa shape index (κ1) is 10.7. The van der Waals surface area contributed by atoms with Crippen molar-refractivity contribution in [2.75, 3.05) is 13.7 Å². The number of methoxy groups -OCH3 is 1. The fourth-order valence-electron chi connectivity index (χ4n) is 1.72. The average molecular weight is 222 g/mol. The molecule has 0 aliphatic carbocycles. The molecule has 3 nitrogen and oxygen atoms in total. The number of esters is 1. The third kappa shape index (κ3) is 1.66. The largest absolute Gasteiger partial charge is 0.497 e. The molecule has 0 saturated carbocycles. The number of hydrogen-bond donors (Lipinski definition) is 0. The van der Waals surface area contributed by atoms with Crippen molar-refractivity contribution in [2.24, 2.45) is 0 Å². The number of halogens is 1. The molecule has 0 radical (unpaired) electrons. The first-order chi connectivity index (χ1) is 7.63. The van der Waals surface area contributed by atoms with Gasteiger partial charge in [-0.1, -0.05) is 6.07 Å². The third-order valence-corrected chi connectivity index (χ3v) is 2.52. The summed E-state index contributed by atoms with van der Waals surface area (Å²) in [5.74, 6) is -0.265. The van der Waals surface area contributed by atoms with E-state index in [4.69, 9.17) is 9.47 Å². The Kier molecular flexibility index (Phi) is 2.64. The fraction of sp³-hybridized carbons (Fsp3) is 0.250. The Morgan fingerprint density at radius 2 is 2.19 bits per heavy atom. The SMILES string of the molecule is COC1=C(c2ccc(F)cc2C)C(=O)OC1. The lowest BCUT2D eigenvalue weighted by atomic mass is 10.0. The molecule has 1 heterocycles. The van der Waals surface area contributed by atoms with Crippen molar-refractivity contribution < 1.29 is 18.7 Å². The predicted octanol–water partition coefficient (Wildman–Crippen LogP) is 2.05. The second-order valence-corrected chi connectivity index (χ2v) is 3.54. The van der Waals surface area contributed by atoms with Crippen molar-refractivity contribution in [3.63, 3.8) is 0 Å². The monoisotopic (exact) mass is 222 g/mol. The smallest absolute Gasteiger partial charge is 0.342 e. The number of carbonyl (C=O) groups excluding carboxylic acids is 1. The number of aryl methyl sites for hydroxylation is 1. The van der Waals surface area contributed by atoms with Gasteiger partial charge in [-0.2, -0.15) is 0 Å². The molecule has 1 aliphatic heterocycles. The molecule has 2 rings (SSSR count). The van der Waals surface area contributed by atoms with Crippen LogP contribution in [-0.4, -0.2) is 19.7 Å². The summed E-state index contributed by atoms with van der Waals surface area (Å²) in [5.41, 5.74) is 1.73. The van der Waals surface area contributed by atoms with Crippen LogP contribution in [0.5, 0.6) is 0 Å². The van der Waals surface area contributed by atoms with Crippen LogP contribution in [0.3, 0.4) is 0 Å². The minimum atomic E-state index is -0.424. The van der Waals surface area contributed by atoms with Crippen molar-refractivity contribution in [3.05, 3.63) is 40.9 Å². The molecule has 4 heteroatoms. The minimum Gasteiger partial charge on any atom is -0.497 e. The van der Waals surface area contributed by atoms with Crippen molar-refractivity contribution in [2.45, 2.75) is 6.92 Å². The first-order valence-electron chi connectivity index (χ1n) is 4.84. The van der Waals surface area contributed by atoms with Gasteiger partial charge < -0.3 is 9.47 Å². The summed E-state index contributed by atoms with van der Waals surface area (Å²) < 4.78 is 22.9. The summed E-state index contributed by atoms with van der Waals surface area (Å²) >= 11 is 0. The van der Waals surface area contributed by atoms with Gasteiger partial charge in [-0.3, -0.25) is 0 Å². The molecule has 1 aromatic carbocycles. The summed E-state index contributed by atoms with van der Waals surface area (Å²) in [7, 11) is 1.48. The number of cyclic esters (lactones) is 1. The lowest BCUT2D eigenvalue weighted by molar-refractivity contribution is -0.134. The average Bonchev–Trinajstić information content (AvgIpc) is 2.60. The van der Waals surface area contributed by atoms with Crippen molar-refractivity contribution in [1.82, 2.24) is 0 Å². The molecule has 0 bridgehead atoms. The van der Waals surface area contributed by atoms with E-state index in [0.29, 0.717) is 22.5 Å². The van der Waals surface area contributed by atoms with Gasteiger partial charge in [-0.15, -0.1) is 0 Å². The van der Waals surface area contributed by atoms with Crippen molar-refractivity contribution in [3.8, 4) is 0 Å². The van der Waals surface area contributed by atoms with Gasteiger partial charge in [0.1, 0.15) is 23.8 Å². The lowest BCUT2D eigenvalue weighted by Crippen LogP contribution is -2.01. The molecule has 16 heavy (non-hydrogen) atoms. The number of ether oxygens (including phenoxy) is 2. The molecule has 0 aromatic heterocycles. The summed E-state index contributed by atoms with van der Waals surface area (Å²) in [6, 6.07) is 4.25. The molecule has 0 amide bonds. The Hall–Kier alpha value is -1.84. The van der Waals surface area contributed by atoms with E-state index in [1.165, 1.54) is 19.2 Å². The minimum absolute atomic E-state index is 0.140. The number of rotatable bonds is 2. The Labute approximate surface area is 92.5 Å². The maximum absolute atomic E-state index is 12.9. The second-order valence-electron chi connectivity index (χ2n) is 3.54. The van der Waals surface area contributed by atoms with E-state index in [9.17, 15) is 9.18 Å². The van der Waals surface area contributed by atoms with Gasteiger partial charge in [-0.05, 0) is 30.2 Å². The molecule has 1 aromatic rings. The van der Waals surface area contributed by atoms with Crippen LogP contribution in [0.2, 0.25) is 0 Å². The highest BCUT2D eigenvalue weighted by molar-refractivity contribution is 6.19. The molecule has 0 saturated heterocycles. The van der Waals surface area contributed by atoms with Gasteiger partial charge in [0.15, 0.2) is 0 Å². The third-order valence-electron chi connectivity index (χ3n) is 2.52. The summed E-state index contributed by atoms with van der Waals surface area (Å²) in [6.45, 7) is 1.88. The van der Waals surface area contributed by atoms with Crippen LogP contribution in [0.15, 0.2) is 24.0 Å². The zero-order chi connectivity index (χ0) is 11.7. The van der Waals surface area contributed by atoms with Crippen LogP contribution in [0, 0.1) is 12.7 Å². The van der Waals surface area contributed by atoms with E-state index in [0.717, 1.165) is 0 Å². The summed E-state index contributed by atoms with van der Waals surface area (Å²) in [4.78, 5) is 11.5. The molecule has 0 N–H and O–H groups in total. The van der Waals surface area contributed by atoms with E-state index in [2.05, 4.69) is 0 Å². The van der Waals surface area contributed by atoms with Gasteiger partial charge in [0.25, 0.3) is 0 Å². The highest BCUT2D eigenvalue weighted by Gasteiger charge is 2.28. The van der Waals surface area contributed by atoms with E-state index < -0.39 is 5.97 Å². The predicted molar refractivity (Wildman–Crippen MR) is 56.0 cm³/mol. The Bertz CT molecular complexity index is 477. The Balaban J connectivity index is 2.54. The fourth-order valence-corrected chi connectivity index (χ4v) is 1.72. The van der Waals surface area contributed by atoms with E-state index >= 15 is 0 Å². The highest BCUT2D eigenvalue weighted by atomic mass is 19.1. The van der Waals surface area contributed by atoms with Gasteiger partial charge in [-0.25, -0.2) is 9.18 Å². The molecule has 84 valence electrons. The van der Waals surface area contributed by atoms with Crippen LogP contribution in [0.25, 0.3) is 5.57 Å². The summed E-state index contributed by atoms with van der Waals surface area (Å²) in [5, 5.41) is 0. The van der Waals surface area contributed by atoms with Gasteiger partial charge >= 0.3 is 5.97 Å². The highest BCUT2D eigenvalue weighted by Crippen LogP contribution is 2.29. The van der Waals surface area contributed by atoms with E-state index in [1.54, 1.807) is 13.0 Å². The number of benzene rings is 1. The summed E-state index contributed by atoms with van der Waals surface area (Å²) in [6.07, 6.45) is 0. The molecular weight excluding hydrogens is 211 g/mol. The molecule has 0 unspecified atom stereocenters. The zero-order valence-corrected chi connectivity index (χ0v) is 9.04. The Morgan fingerprint density at radius 1 is 1.44 bits per heavy atom. The second kappa shape index (κ2) is 3.96. The quantitative estimate of drug-likeness (QED) is 0.718. The van der Waals surface area contributed by atoms with Gasteiger partial charge in [0.05, 0.1) is 7.11 Å².